The van der Waals surface area contributed by atoms with Gasteiger partial charge in [0, 0.05) is 29.2 Å². The van der Waals surface area contributed by atoms with Crippen LogP contribution in [0.5, 0.6) is 5.75 Å². The minimum Gasteiger partial charge on any atom is -0.494 e. The summed E-state index contributed by atoms with van der Waals surface area (Å²) in [5.41, 5.74) is 4.48. The molecule has 4 aromatic rings. The Labute approximate surface area is 174 Å². The molecule has 0 spiro atoms. The molecule has 0 saturated carbocycles. The minimum atomic E-state index is 0.464. The highest BCUT2D eigenvalue weighted by Gasteiger charge is 2.05. The van der Waals surface area contributed by atoms with Crippen molar-refractivity contribution >= 4 is 23.1 Å². The van der Waals surface area contributed by atoms with Gasteiger partial charge in [0.1, 0.15) is 16.7 Å². The average molecular weight is 403 g/mol. The molecule has 6 heteroatoms. The van der Waals surface area contributed by atoms with Crippen LogP contribution in [0.4, 0.5) is 11.5 Å². The molecule has 4 rings (SSSR count). The van der Waals surface area contributed by atoms with E-state index in [4.69, 9.17) is 21.3 Å². The molecular formula is C23H19ClN4O. The molecule has 0 fully saturated rings. The summed E-state index contributed by atoms with van der Waals surface area (Å²) in [5.74, 6) is 1.61. The molecule has 144 valence electrons. The van der Waals surface area contributed by atoms with Crippen molar-refractivity contribution in [2.75, 3.05) is 11.9 Å². The number of anilines is 2. The first-order chi connectivity index (χ1) is 14.2. The number of nitrogens with one attached hydrogen (secondary N) is 1. The van der Waals surface area contributed by atoms with Crippen molar-refractivity contribution in [1.29, 1.82) is 0 Å². The van der Waals surface area contributed by atoms with E-state index in [1.54, 1.807) is 12.3 Å². The van der Waals surface area contributed by atoms with Gasteiger partial charge in [0.15, 0.2) is 0 Å². The molecule has 29 heavy (non-hydrogen) atoms. The van der Waals surface area contributed by atoms with Crippen LogP contribution in [0, 0.1) is 0 Å². The first-order valence-corrected chi connectivity index (χ1v) is 9.64. The van der Waals surface area contributed by atoms with E-state index in [0.717, 1.165) is 39.8 Å². The predicted molar refractivity (Wildman–Crippen MR) is 117 cm³/mol. The van der Waals surface area contributed by atoms with E-state index in [1.807, 2.05) is 73.8 Å². The Bertz CT molecular complexity index is 1080. The molecule has 0 radical (unpaired) electrons. The zero-order valence-electron chi connectivity index (χ0n) is 15.8. The second kappa shape index (κ2) is 8.71. The van der Waals surface area contributed by atoms with Crippen molar-refractivity contribution in [2.45, 2.75) is 6.92 Å². The molecule has 5 nitrogen and oxygen atoms in total. The third kappa shape index (κ3) is 4.70. The van der Waals surface area contributed by atoms with E-state index in [-0.39, 0.29) is 0 Å². The Hall–Kier alpha value is -3.44. The standard InChI is InChI=1S/C23H19ClN4O/c1-2-29-19-10-8-18(9-11-19)27-23-5-3-4-21(28-23)17-6-12-20(25-14-17)16-7-13-22(24)26-15-16/h3-15H,2H2,1H3,(H,27,28). The molecular weight excluding hydrogens is 384 g/mol. The van der Waals surface area contributed by atoms with Gasteiger partial charge in [-0.25, -0.2) is 9.97 Å². The van der Waals surface area contributed by atoms with Crippen molar-refractivity contribution in [3.63, 3.8) is 0 Å². The fourth-order valence-electron chi connectivity index (χ4n) is 2.86. The number of halogens is 1. The third-order valence-corrected chi connectivity index (χ3v) is 4.49. The highest BCUT2D eigenvalue weighted by Crippen LogP contribution is 2.24. The van der Waals surface area contributed by atoms with Gasteiger partial charge < -0.3 is 10.1 Å². The fraction of sp³-hybridized carbons (Fsp3) is 0.0870. The number of benzene rings is 1. The maximum Gasteiger partial charge on any atom is 0.131 e. The van der Waals surface area contributed by atoms with E-state index in [2.05, 4.69) is 15.3 Å². The molecule has 0 unspecified atom stereocenters. The van der Waals surface area contributed by atoms with Crippen LogP contribution in [-0.4, -0.2) is 21.6 Å². The zero-order chi connectivity index (χ0) is 20.1. The first-order valence-electron chi connectivity index (χ1n) is 9.26. The van der Waals surface area contributed by atoms with Crippen molar-refractivity contribution < 1.29 is 4.74 Å². The normalized spacial score (nSPS) is 10.6. The van der Waals surface area contributed by atoms with E-state index < -0.39 is 0 Å². The average Bonchev–Trinajstić information content (AvgIpc) is 2.76. The molecule has 3 heterocycles. The zero-order valence-corrected chi connectivity index (χ0v) is 16.6. The van der Waals surface area contributed by atoms with Crippen LogP contribution in [0.3, 0.4) is 0 Å². The fourth-order valence-corrected chi connectivity index (χ4v) is 2.97. The van der Waals surface area contributed by atoms with E-state index in [9.17, 15) is 0 Å². The van der Waals surface area contributed by atoms with Crippen molar-refractivity contribution in [3.8, 4) is 28.3 Å². The summed E-state index contributed by atoms with van der Waals surface area (Å²) in [6, 6.07) is 21.3. The second-order valence-electron chi connectivity index (χ2n) is 6.29. The Kier molecular flexibility index (Phi) is 5.68. The lowest BCUT2D eigenvalue weighted by Gasteiger charge is -2.09. The molecule has 0 aliphatic heterocycles. The van der Waals surface area contributed by atoms with Gasteiger partial charge in [0.2, 0.25) is 0 Å². The van der Waals surface area contributed by atoms with Crippen molar-refractivity contribution in [3.05, 3.63) is 84.3 Å². The van der Waals surface area contributed by atoms with E-state index >= 15 is 0 Å². The second-order valence-corrected chi connectivity index (χ2v) is 6.68. The summed E-state index contributed by atoms with van der Waals surface area (Å²) in [4.78, 5) is 13.3. The number of rotatable bonds is 6. The van der Waals surface area contributed by atoms with Crippen LogP contribution in [0.25, 0.3) is 22.5 Å². The molecule has 0 aliphatic carbocycles. The molecule has 0 amide bonds. The van der Waals surface area contributed by atoms with E-state index in [1.165, 1.54) is 0 Å². The smallest absolute Gasteiger partial charge is 0.131 e. The van der Waals surface area contributed by atoms with Crippen LogP contribution in [0.2, 0.25) is 5.15 Å². The molecule has 0 saturated heterocycles. The minimum absolute atomic E-state index is 0.464. The van der Waals surface area contributed by atoms with Crippen LogP contribution >= 0.6 is 11.6 Å². The molecule has 3 aromatic heterocycles. The Morgan fingerprint density at radius 2 is 1.59 bits per heavy atom. The maximum atomic E-state index is 5.85. The number of hydrogen-bond acceptors (Lipinski definition) is 5. The van der Waals surface area contributed by atoms with Gasteiger partial charge in [-0.1, -0.05) is 17.7 Å². The highest BCUT2D eigenvalue weighted by atomic mass is 35.5. The summed E-state index contributed by atoms with van der Waals surface area (Å²) in [6.45, 7) is 2.62. The Morgan fingerprint density at radius 1 is 0.828 bits per heavy atom. The summed E-state index contributed by atoms with van der Waals surface area (Å²) < 4.78 is 5.47. The largest absolute Gasteiger partial charge is 0.494 e. The molecule has 0 atom stereocenters. The van der Waals surface area contributed by atoms with Gasteiger partial charge in [-0.2, -0.15) is 0 Å². The maximum absolute atomic E-state index is 5.85. The van der Waals surface area contributed by atoms with Crippen LogP contribution in [-0.2, 0) is 0 Å². The van der Waals surface area contributed by atoms with Crippen molar-refractivity contribution in [2.24, 2.45) is 0 Å². The van der Waals surface area contributed by atoms with Gasteiger partial charge in [-0.3, -0.25) is 4.98 Å². The SMILES string of the molecule is CCOc1ccc(Nc2cccc(-c3ccc(-c4ccc(Cl)nc4)nc3)n2)cc1. The summed E-state index contributed by atoms with van der Waals surface area (Å²) >= 11 is 5.85. The number of nitrogens with zero attached hydrogens (tertiary/aromatic N) is 3. The number of hydrogen-bond donors (Lipinski definition) is 1. The third-order valence-electron chi connectivity index (χ3n) is 4.27. The topological polar surface area (TPSA) is 59.9 Å². The Balaban J connectivity index is 1.51. The van der Waals surface area contributed by atoms with Crippen LogP contribution in [0.1, 0.15) is 6.92 Å². The molecule has 0 bridgehead atoms. The lowest BCUT2D eigenvalue weighted by molar-refractivity contribution is 0.340. The van der Waals surface area contributed by atoms with Crippen molar-refractivity contribution in [1.82, 2.24) is 15.0 Å². The van der Waals surface area contributed by atoms with Gasteiger partial charge in [0.05, 0.1) is 18.0 Å². The van der Waals surface area contributed by atoms with Crippen LogP contribution < -0.4 is 10.1 Å². The van der Waals surface area contributed by atoms with Crippen LogP contribution in [0.15, 0.2) is 79.1 Å². The van der Waals surface area contributed by atoms with Gasteiger partial charge in [-0.05, 0) is 67.6 Å². The predicted octanol–water partition coefficient (Wildman–Crippen LogP) is 6.00. The number of aromatic nitrogens is 3. The molecule has 1 N–H and O–H groups in total. The molecule has 0 aliphatic rings. The summed E-state index contributed by atoms with van der Waals surface area (Å²) in [7, 11) is 0. The highest BCUT2D eigenvalue weighted by molar-refractivity contribution is 6.29. The lowest BCUT2D eigenvalue weighted by Crippen LogP contribution is -1.96. The van der Waals surface area contributed by atoms with E-state index in [0.29, 0.717) is 11.8 Å². The monoisotopic (exact) mass is 402 g/mol. The van der Waals surface area contributed by atoms with Gasteiger partial charge >= 0.3 is 0 Å². The lowest BCUT2D eigenvalue weighted by atomic mass is 10.1. The number of ether oxygens (including phenoxy) is 1. The summed E-state index contributed by atoms with van der Waals surface area (Å²) in [5, 5.41) is 3.78. The molecule has 1 aromatic carbocycles. The van der Waals surface area contributed by atoms with Gasteiger partial charge in [0.25, 0.3) is 0 Å². The quantitative estimate of drug-likeness (QED) is 0.401. The number of pyridine rings is 3. The summed E-state index contributed by atoms with van der Waals surface area (Å²) in [6.07, 6.45) is 3.52. The Morgan fingerprint density at radius 3 is 2.28 bits per heavy atom. The first kappa shape index (κ1) is 18.9. The van der Waals surface area contributed by atoms with Gasteiger partial charge in [-0.15, -0.1) is 0 Å².